The molecule has 0 unspecified atom stereocenters. The highest BCUT2D eigenvalue weighted by Gasteiger charge is 2.06. The average Bonchev–Trinajstić information content (AvgIpc) is 2.52. The van der Waals surface area contributed by atoms with E-state index in [4.69, 9.17) is 40.5 Å². The van der Waals surface area contributed by atoms with Gasteiger partial charge >= 0.3 is 5.97 Å². The molecule has 0 heterocycles. The van der Waals surface area contributed by atoms with Gasteiger partial charge in [0.05, 0.1) is 16.8 Å². The van der Waals surface area contributed by atoms with E-state index in [1.54, 1.807) is 12.1 Å². The molecule has 4 N–H and O–H groups in total. The van der Waals surface area contributed by atoms with Crippen LogP contribution in [0.3, 0.4) is 0 Å². The summed E-state index contributed by atoms with van der Waals surface area (Å²) in [7, 11) is 0. The Labute approximate surface area is 152 Å². The number of hydrogen-bond acceptors (Lipinski definition) is 4. The molecule has 24 heavy (non-hydrogen) atoms. The third kappa shape index (κ3) is 4.82. The lowest BCUT2D eigenvalue weighted by atomic mass is 10.2. The molecule has 124 valence electrons. The smallest absolute Gasteiger partial charge is 0.335 e. The topological polar surface area (TPSA) is 94.0 Å². The van der Waals surface area contributed by atoms with Crippen molar-refractivity contribution in [3.63, 3.8) is 0 Å². The van der Waals surface area contributed by atoms with Gasteiger partial charge < -0.3 is 15.5 Å². The van der Waals surface area contributed by atoms with Gasteiger partial charge in [-0.15, -0.1) is 0 Å². The van der Waals surface area contributed by atoms with E-state index < -0.39 is 5.97 Å². The minimum absolute atomic E-state index is 0.114. The Morgan fingerprint density at radius 2 is 1.88 bits per heavy atom. The van der Waals surface area contributed by atoms with Crippen molar-refractivity contribution in [2.24, 2.45) is 5.10 Å². The number of rotatable bonds is 4. The Hall–Kier alpha value is -2.35. The number of hydrogen-bond donors (Lipinski definition) is 4. The summed E-state index contributed by atoms with van der Waals surface area (Å²) in [5.41, 5.74) is 3.66. The van der Waals surface area contributed by atoms with Crippen LogP contribution in [0.5, 0.6) is 5.75 Å². The molecule has 0 aromatic heterocycles. The van der Waals surface area contributed by atoms with E-state index >= 15 is 0 Å². The molecule has 0 saturated heterocycles. The molecule has 9 heteroatoms. The van der Waals surface area contributed by atoms with E-state index in [0.29, 0.717) is 16.3 Å². The molecule has 6 nitrogen and oxygen atoms in total. The van der Waals surface area contributed by atoms with Gasteiger partial charge in [0.25, 0.3) is 0 Å². The molecule has 2 aromatic rings. The predicted molar refractivity (Wildman–Crippen MR) is 98.5 cm³/mol. The Morgan fingerprint density at radius 1 is 1.21 bits per heavy atom. The standard InChI is InChI=1S/C15H11Cl2N3O3S/c16-10-5-9(13(21)12(17)6-10)7-18-20-15(24)19-11-3-1-8(2-4-11)14(22)23/h1-7,21H,(H,22,23)(H2,19,20,24)/b18-7+. The summed E-state index contributed by atoms with van der Waals surface area (Å²) >= 11 is 16.7. The van der Waals surface area contributed by atoms with E-state index in [1.165, 1.54) is 30.5 Å². The van der Waals surface area contributed by atoms with Crippen molar-refractivity contribution in [2.75, 3.05) is 5.32 Å². The molecule has 0 radical (unpaired) electrons. The number of carboxylic acid groups (broad SMARTS) is 1. The molecule has 0 aliphatic carbocycles. The van der Waals surface area contributed by atoms with Crippen molar-refractivity contribution in [2.45, 2.75) is 0 Å². The Kier molecular flexibility index (Phi) is 5.97. The van der Waals surface area contributed by atoms with Crippen molar-refractivity contribution in [3.05, 3.63) is 57.6 Å². The third-order valence-corrected chi connectivity index (χ3v) is 3.52. The van der Waals surface area contributed by atoms with Crippen molar-refractivity contribution >= 4 is 58.4 Å². The molecule has 0 aliphatic rings. The van der Waals surface area contributed by atoms with Crippen LogP contribution in [0.15, 0.2) is 41.5 Å². The first kappa shape index (κ1) is 18.0. The fraction of sp³-hybridized carbons (Fsp3) is 0. The third-order valence-electron chi connectivity index (χ3n) is 2.82. The lowest BCUT2D eigenvalue weighted by Gasteiger charge is -2.07. The highest BCUT2D eigenvalue weighted by Crippen LogP contribution is 2.29. The Balaban J connectivity index is 1.97. The van der Waals surface area contributed by atoms with Gasteiger partial charge in [-0.25, -0.2) is 4.79 Å². The van der Waals surface area contributed by atoms with Crippen LogP contribution >= 0.6 is 35.4 Å². The second kappa shape index (κ2) is 7.96. The van der Waals surface area contributed by atoms with Crippen LogP contribution in [-0.4, -0.2) is 27.5 Å². The quantitative estimate of drug-likeness (QED) is 0.365. The molecule has 0 bridgehead atoms. The number of nitrogens with zero attached hydrogens (tertiary/aromatic N) is 1. The first-order valence-electron chi connectivity index (χ1n) is 6.48. The molecule has 2 aromatic carbocycles. The SMILES string of the molecule is O=C(O)c1ccc(NC(=S)N/N=C/c2cc(Cl)cc(Cl)c2O)cc1. The molecule has 0 aliphatic heterocycles. The minimum Gasteiger partial charge on any atom is -0.506 e. The van der Waals surface area contributed by atoms with Gasteiger partial charge in [-0.2, -0.15) is 5.10 Å². The lowest BCUT2D eigenvalue weighted by Crippen LogP contribution is -2.23. The number of nitrogens with one attached hydrogen (secondary N) is 2. The van der Waals surface area contributed by atoms with Crippen LogP contribution < -0.4 is 10.7 Å². The first-order chi connectivity index (χ1) is 11.4. The maximum absolute atomic E-state index is 10.8. The van der Waals surface area contributed by atoms with Crippen LogP contribution in [0.4, 0.5) is 5.69 Å². The lowest BCUT2D eigenvalue weighted by molar-refractivity contribution is 0.0697. The first-order valence-corrected chi connectivity index (χ1v) is 7.64. The van der Waals surface area contributed by atoms with Crippen molar-refractivity contribution < 1.29 is 15.0 Å². The fourth-order valence-corrected chi connectivity index (χ4v) is 2.38. The fourth-order valence-electron chi connectivity index (χ4n) is 1.70. The summed E-state index contributed by atoms with van der Waals surface area (Å²) in [6.07, 6.45) is 1.31. The molecular formula is C15H11Cl2N3O3S. The van der Waals surface area contributed by atoms with E-state index in [0.717, 1.165) is 0 Å². The summed E-state index contributed by atoms with van der Waals surface area (Å²) in [4.78, 5) is 10.8. The summed E-state index contributed by atoms with van der Waals surface area (Å²) in [6, 6.07) is 8.95. The molecule has 0 spiro atoms. The zero-order valence-corrected chi connectivity index (χ0v) is 14.3. The van der Waals surface area contributed by atoms with E-state index in [1.807, 2.05) is 0 Å². The summed E-state index contributed by atoms with van der Waals surface area (Å²) < 4.78 is 0. The number of halogens is 2. The maximum atomic E-state index is 10.8. The number of carbonyl (C=O) groups is 1. The number of benzene rings is 2. The minimum atomic E-state index is -1.01. The second-order valence-corrected chi connectivity index (χ2v) is 5.78. The second-order valence-electron chi connectivity index (χ2n) is 4.53. The monoisotopic (exact) mass is 383 g/mol. The Bertz CT molecular complexity index is 810. The predicted octanol–water partition coefficient (Wildman–Crippen LogP) is 3.72. The Morgan fingerprint density at radius 3 is 2.50 bits per heavy atom. The van der Waals surface area contributed by atoms with Gasteiger partial charge in [0.2, 0.25) is 0 Å². The van der Waals surface area contributed by atoms with Gasteiger partial charge in [-0.05, 0) is 48.6 Å². The van der Waals surface area contributed by atoms with Crippen molar-refractivity contribution in [1.82, 2.24) is 5.43 Å². The molecular weight excluding hydrogens is 373 g/mol. The maximum Gasteiger partial charge on any atom is 0.335 e. The summed E-state index contributed by atoms with van der Waals surface area (Å²) in [6.45, 7) is 0. The van der Waals surface area contributed by atoms with Crippen molar-refractivity contribution in [3.8, 4) is 5.75 Å². The van der Waals surface area contributed by atoms with Gasteiger partial charge in [0.15, 0.2) is 5.11 Å². The number of aromatic hydroxyl groups is 1. The van der Waals surface area contributed by atoms with E-state index in [-0.39, 0.29) is 21.4 Å². The number of hydrazone groups is 1. The van der Waals surface area contributed by atoms with Crippen LogP contribution in [-0.2, 0) is 0 Å². The van der Waals surface area contributed by atoms with Crippen LogP contribution in [0.1, 0.15) is 15.9 Å². The highest BCUT2D eigenvalue weighted by molar-refractivity contribution is 7.80. The zero-order chi connectivity index (χ0) is 17.7. The van der Waals surface area contributed by atoms with Gasteiger partial charge in [-0.3, -0.25) is 5.43 Å². The molecule has 0 fully saturated rings. The molecule has 0 amide bonds. The van der Waals surface area contributed by atoms with Gasteiger partial charge in [-0.1, -0.05) is 23.2 Å². The number of aromatic carboxylic acids is 1. The number of anilines is 1. The number of phenols is 1. The summed E-state index contributed by atoms with van der Waals surface area (Å²) in [5, 5.41) is 26.0. The molecule has 0 atom stereocenters. The normalized spacial score (nSPS) is 10.6. The largest absolute Gasteiger partial charge is 0.506 e. The van der Waals surface area contributed by atoms with Crippen LogP contribution in [0.25, 0.3) is 0 Å². The highest BCUT2D eigenvalue weighted by atomic mass is 35.5. The zero-order valence-electron chi connectivity index (χ0n) is 12.0. The van der Waals surface area contributed by atoms with Crippen LogP contribution in [0.2, 0.25) is 10.0 Å². The average molecular weight is 384 g/mol. The number of carboxylic acids is 1. The van der Waals surface area contributed by atoms with Crippen LogP contribution in [0, 0.1) is 0 Å². The van der Waals surface area contributed by atoms with E-state index in [2.05, 4.69) is 15.8 Å². The summed E-state index contributed by atoms with van der Waals surface area (Å²) in [5.74, 6) is -1.15. The van der Waals surface area contributed by atoms with E-state index in [9.17, 15) is 9.90 Å². The number of phenolic OH excluding ortho intramolecular Hbond substituents is 1. The number of thiocarbonyl (C=S) groups is 1. The van der Waals surface area contributed by atoms with Gasteiger partial charge in [0, 0.05) is 16.3 Å². The molecule has 0 saturated carbocycles. The van der Waals surface area contributed by atoms with Gasteiger partial charge in [0.1, 0.15) is 5.75 Å². The molecule has 2 rings (SSSR count). The van der Waals surface area contributed by atoms with Crippen molar-refractivity contribution in [1.29, 1.82) is 0 Å².